The molecule has 0 spiro atoms. The molecule has 3 rings (SSSR count). The first kappa shape index (κ1) is 48.3. The number of aromatic nitrogens is 1. The number of halogens is 3. The summed E-state index contributed by atoms with van der Waals surface area (Å²) in [5.41, 5.74) is 15.1. The SMILES string of the molecule is CC(=Nc1c(C(C)C)cc(C(C)C)cc1C(C)C)c1cc(C)cc(C(C)=Nc2c(C(C)C)cc(C(C)C)cc2C(C)C)n1.[Cl-].[Cl-].[Cl-].[Nd+3]. The van der Waals surface area contributed by atoms with Gasteiger partial charge in [-0.25, -0.2) is 4.98 Å². The van der Waals surface area contributed by atoms with Gasteiger partial charge in [-0.1, -0.05) is 107 Å². The number of rotatable bonds is 10. The Kier molecular flexibility index (Phi) is 21.3. The summed E-state index contributed by atoms with van der Waals surface area (Å²) in [6.45, 7) is 33.6. The molecule has 3 nitrogen and oxygen atoms in total. The maximum atomic E-state index is 5.31. The Morgan fingerprint density at radius 1 is 0.468 bits per heavy atom. The average molecular weight is 831 g/mol. The van der Waals surface area contributed by atoms with E-state index in [2.05, 4.69) is 140 Å². The van der Waals surface area contributed by atoms with E-state index < -0.39 is 0 Å². The van der Waals surface area contributed by atoms with E-state index in [1.165, 1.54) is 33.4 Å². The fourth-order valence-corrected chi connectivity index (χ4v) is 5.58. The van der Waals surface area contributed by atoms with E-state index in [1.807, 2.05) is 0 Å². The fourth-order valence-electron chi connectivity index (χ4n) is 5.58. The predicted molar refractivity (Wildman–Crippen MR) is 190 cm³/mol. The summed E-state index contributed by atoms with van der Waals surface area (Å²) in [6, 6.07) is 13.8. The van der Waals surface area contributed by atoms with Gasteiger partial charge in [0, 0.05) is 0 Å². The third-order valence-electron chi connectivity index (χ3n) is 8.47. The van der Waals surface area contributed by atoms with E-state index in [0.29, 0.717) is 35.5 Å². The van der Waals surface area contributed by atoms with Crippen LogP contribution in [0.5, 0.6) is 0 Å². The molecule has 0 saturated carbocycles. The third kappa shape index (κ3) is 12.2. The number of hydrogen-bond donors (Lipinski definition) is 0. The van der Waals surface area contributed by atoms with Crippen molar-refractivity contribution in [2.75, 3.05) is 0 Å². The standard InChI is InChI=1S/C40H57N3.3ClH.Nd/c1-22(2)31-18-33(24(5)6)39(34(19-31)25(7)8)41-29(14)37-16-28(13)17-38(43-37)30(15)42-40-35(26(9)10)20-32(23(3)4)21-36(40)27(11)12;;;;/h16-27H,1-15H3;3*1H;/q;;;;+3/p-3. The molecule has 0 aliphatic carbocycles. The largest absolute Gasteiger partial charge is 3.00 e. The van der Waals surface area contributed by atoms with Crippen LogP contribution in [0.25, 0.3) is 0 Å². The molecule has 2 aromatic carbocycles. The minimum absolute atomic E-state index is 0. The first-order valence-electron chi connectivity index (χ1n) is 16.5. The minimum Gasteiger partial charge on any atom is -1.00 e. The zero-order valence-corrected chi connectivity index (χ0v) is 36.9. The number of aliphatic imine (C=N–C) groups is 2. The van der Waals surface area contributed by atoms with Crippen molar-refractivity contribution in [2.24, 2.45) is 9.98 Å². The molecule has 0 aliphatic rings. The van der Waals surface area contributed by atoms with Crippen molar-refractivity contribution in [2.45, 2.75) is 139 Å². The summed E-state index contributed by atoms with van der Waals surface area (Å²) < 4.78 is 0. The monoisotopic (exact) mass is 826 g/mol. The van der Waals surface area contributed by atoms with E-state index in [1.54, 1.807) is 0 Å². The van der Waals surface area contributed by atoms with Crippen LogP contribution in [0.2, 0.25) is 0 Å². The van der Waals surface area contributed by atoms with E-state index in [9.17, 15) is 0 Å². The molecule has 0 saturated heterocycles. The van der Waals surface area contributed by atoms with Crippen LogP contribution in [0.1, 0.15) is 183 Å². The van der Waals surface area contributed by atoms with Crippen molar-refractivity contribution in [1.29, 1.82) is 0 Å². The molecule has 1 heterocycles. The molecular weight excluding hydrogens is 773 g/mol. The van der Waals surface area contributed by atoms with Gasteiger partial charge in [0.1, 0.15) is 0 Å². The number of nitrogens with zero attached hydrogens (tertiary/aromatic N) is 3. The van der Waals surface area contributed by atoms with Crippen LogP contribution < -0.4 is 37.2 Å². The minimum atomic E-state index is 0. The maximum absolute atomic E-state index is 5.31. The Morgan fingerprint density at radius 3 is 0.936 bits per heavy atom. The molecule has 0 fully saturated rings. The van der Waals surface area contributed by atoms with Crippen LogP contribution in [-0.4, -0.2) is 16.4 Å². The van der Waals surface area contributed by atoms with Gasteiger partial charge in [0.15, 0.2) is 0 Å². The maximum Gasteiger partial charge on any atom is 3.00 e. The number of pyridine rings is 1. The van der Waals surface area contributed by atoms with Gasteiger partial charge in [-0.2, -0.15) is 0 Å². The second-order valence-corrected chi connectivity index (χ2v) is 14.3. The molecule has 0 N–H and O–H groups in total. The van der Waals surface area contributed by atoms with Gasteiger partial charge in [0.2, 0.25) is 0 Å². The van der Waals surface area contributed by atoms with Crippen molar-refractivity contribution in [3.05, 3.63) is 86.7 Å². The quantitative estimate of drug-likeness (QED) is 0.289. The Hall–Kier alpha value is -0.849. The van der Waals surface area contributed by atoms with Crippen molar-refractivity contribution in [3.63, 3.8) is 0 Å². The summed E-state index contributed by atoms with van der Waals surface area (Å²) in [5, 5.41) is 0. The van der Waals surface area contributed by atoms with Gasteiger partial charge >= 0.3 is 40.8 Å². The summed E-state index contributed by atoms with van der Waals surface area (Å²) >= 11 is 0. The van der Waals surface area contributed by atoms with E-state index >= 15 is 0 Å². The molecule has 1 radical (unpaired) electrons. The van der Waals surface area contributed by atoms with Crippen LogP contribution >= 0.6 is 0 Å². The second kappa shape index (κ2) is 20.7. The topological polar surface area (TPSA) is 37.6 Å². The van der Waals surface area contributed by atoms with E-state index in [-0.39, 0.29) is 78.1 Å². The zero-order chi connectivity index (χ0) is 32.3. The molecule has 7 heteroatoms. The van der Waals surface area contributed by atoms with Crippen molar-refractivity contribution in [3.8, 4) is 0 Å². The molecular formula is C40H57Cl3N3Nd. The van der Waals surface area contributed by atoms with Gasteiger partial charge < -0.3 is 37.2 Å². The summed E-state index contributed by atoms with van der Waals surface area (Å²) in [7, 11) is 0. The second-order valence-electron chi connectivity index (χ2n) is 14.3. The smallest absolute Gasteiger partial charge is 1.00 e. The third-order valence-corrected chi connectivity index (χ3v) is 8.47. The van der Waals surface area contributed by atoms with Crippen molar-refractivity contribution >= 4 is 22.8 Å². The van der Waals surface area contributed by atoms with Gasteiger partial charge in [0.25, 0.3) is 0 Å². The summed E-state index contributed by atoms with van der Waals surface area (Å²) in [6.07, 6.45) is 0. The number of hydrogen-bond acceptors (Lipinski definition) is 3. The average Bonchev–Trinajstić information content (AvgIpc) is 2.91. The molecule has 47 heavy (non-hydrogen) atoms. The molecule has 0 unspecified atom stereocenters. The van der Waals surface area contributed by atoms with Gasteiger partial charge in [0.05, 0.1) is 34.2 Å². The Balaban J connectivity index is 0. The predicted octanol–water partition coefficient (Wildman–Crippen LogP) is 3.42. The molecule has 0 bridgehead atoms. The summed E-state index contributed by atoms with van der Waals surface area (Å²) in [4.78, 5) is 15.8. The first-order valence-corrected chi connectivity index (χ1v) is 16.5. The van der Waals surface area contributed by atoms with E-state index in [4.69, 9.17) is 15.0 Å². The number of aryl methyl sites for hydroxylation is 1. The van der Waals surface area contributed by atoms with Crippen molar-refractivity contribution < 1.29 is 78.1 Å². The molecule has 257 valence electrons. The Morgan fingerprint density at radius 2 is 0.723 bits per heavy atom. The van der Waals surface area contributed by atoms with E-state index in [0.717, 1.165) is 39.7 Å². The molecule has 0 amide bonds. The van der Waals surface area contributed by atoms with Gasteiger partial charge in [-0.15, -0.1) is 0 Å². The zero-order valence-electron chi connectivity index (χ0n) is 31.4. The fraction of sp³-hybridized carbons (Fsp3) is 0.525. The Bertz CT molecular complexity index is 1350. The molecule has 0 atom stereocenters. The number of benzene rings is 2. The van der Waals surface area contributed by atoms with Crippen molar-refractivity contribution in [1.82, 2.24) is 4.98 Å². The van der Waals surface area contributed by atoms with Crippen LogP contribution in [0, 0.1) is 47.8 Å². The van der Waals surface area contributed by atoms with Crippen LogP contribution in [0.15, 0.2) is 46.4 Å². The first-order chi connectivity index (χ1) is 20.0. The normalized spacial score (nSPS) is 12.0. The molecule has 0 aliphatic heterocycles. The van der Waals surface area contributed by atoms with Crippen LogP contribution in [-0.2, 0) is 0 Å². The van der Waals surface area contributed by atoms with Gasteiger partial charge in [-0.3, -0.25) is 9.98 Å². The molecule has 1 aromatic heterocycles. The van der Waals surface area contributed by atoms with Crippen LogP contribution in [0.3, 0.4) is 0 Å². The summed E-state index contributed by atoms with van der Waals surface area (Å²) in [5.74, 6) is 2.48. The van der Waals surface area contributed by atoms with Gasteiger partial charge in [-0.05, 0) is 107 Å². The Labute approximate surface area is 338 Å². The molecule has 3 aromatic rings. The van der Waals surface area contributed by atoms with Crippen LogP contribution in [0.4, 0.5) is 11.4 Å².